The first-order valence-corrected chi connectivity index (χ1v) is 15.6. The number of esters is 1. The van der Waals surface area contributed by atoms with Gasteiger partial charge < -0.3 is 0 Å². The molecule has 0 saturated heterocycles. The summed E-state index contributed by atoms with van der Waals surface area (Å²) in [5.41, 5.74) is 7.93. The standard InChI is InChI=1S/C36H46N2O3.Co/c1-22(2)29-18-27(35(6,7)8)16-25(33(29)40)20-37-31-14-12-13-15-32(31)38-21-26-17-28(36(9,10)11)19-30(23(3)4)34(26)41-24(5)39;/h12-23,40H,1-11H3;/q;+2. The molecule has 0 amide bonds. The van der Waals surface area contributed by atoms with Crippen molar-refractivity contribution in [1.29, 1.82) is 0 Å². The van der Waals surface area contributed by atoms with Crippen LogP contribution in [0.1, 0.15) is 121 Å². The number of nitrogens with zero attached hydrogens (tertiary/aromatic N) is 2. The number of hydrogen-bond acceptors (Lipinski definition) is 3. The van der Waals surface area contributed by atoms with Gasteiger partial charge in [-0.3, -0.25) is 0 Å². The van der Waals surface area contributed by atoms with E-state index in [1.165, 1.54) is 18.1 Å². The molecule has 225 valence electrons. The van der Waals surface area contributed by atoms with Crippen LogP contribution in [-0.4, -0.2) is 30.8 Å². The molecular weight excluding hydrogens is 567 g/mol. The van der Waals surface area contributed by atoms with Crippen LogP contribution in [-0.2, 0) is 30.8 Å². The third-order valence-corrected chi connectivity index (χ3v) is 8.71. The number of para-hydroxylation sites is 2. The van der Waals surface area contributed by atoms with Gasteiger partial charge in [-0.25, -0.2) is 0 Å². The summed E-state index contributed by atoms with van der Waals surface area (Å²) in [6.45, 7) is 23.1. The Bertz CT molecular complexity index is 1580. The summed E-state index contributed by atoms with van der Waals surface area (Å²) in [5.74, 6) is 0.966. The molecule has 1 aliphatic heterocycles. The second kappa shape index (κ2) is 11.8. The molecule has 1 heterocycles. The number of fused-ring (bicyclic) bond motifs is 1. The zero-order valence-electron chi connectivity index (χ0n) is 26.9. The van der Waals surface area contributed by atoms with Crippen LogP contribution in [0.2, 0.25) is 0 Å². The van der Waals surface area contributed by atoms with Crippen molar-refractivity contribution < 1.29 is 37.0 Å². The molecule has 0 atom stereocenters. The summed E-state index contributed by atoms with van der Waals surface area (Å²) in [6, 6.07) is 16.8. The number of ether oxygens (including phenoxy) is 1. The number of aromatic hydroxyl groups is 1. The van der Waals surface area contributed by atoms with E-state index in [0.717, 1.165) is 48.8 Å². The van der Waals surface area contributed by atoms with Crippen LogP contribution < -0.4 is 4.74 Å². The van der Waals surface area contributed by atoms with Crippen molar-refractivity contribution in [3.05, 3.63) is 81.9 Å². The maximum absolute atomic E-state index is 12.2. The van der Waals surface area contributed by atoms with E-state index in [1.54, 1.807) is 0 Å². The third kappa shape index (κ3) is 6.71. The first kappa shape index (κ1) is 31.7. The number of phenols is 1. The van der Waals surface area contributed by atoms with E-state index in [2.05, 4.69) is 119 Å². The van der Waals surface area contributed by atoms with Gasteiger partial charge in [0.2, 0.25) is 0 Å². The average Bonchev–Trinajstić information content (AvgIpc) is 3.21. The normalized spacial score (nSPS) is 15.8. The zero-order valence-corrected chi connectivity index (χ0v) is 28.0. The summed E-state index contributed by atoms with van der Waals surface area (Å²) in [6.07, 6.45) is 4.12. The second-order valence-corrected chi connectivity index (χ2v) is 15.0. The van der Waals surface area contributed by atoms with Crippen molar-refractivity contribution >= 4 is 29.8 Å². The van der Waals surface area contributed by atoms with Crippen molar-refractivity contribution in [3.8, 4) is 11.5 Å². The van der Waals surface area contributed by atoms with Crippen LogP contribution in [0, 0.1) is 0 Å². The predicted molar refractivity (Wildman–Crippen MR) is 168 cm³/mol. The van der Waals surface area contributed by atoms with Gasteiger partial charge in [0, 0.05) is 0 Å². The Kier molecular flexibility index (Phi) is 8.91. The summed E-state index contributed by atoms with van der Waals surface area (Å²) in [7, 11) is 0. The molecule has 0 unspecified atom stereocenters. The predicted octanol–water partition coefficient (Wildman–Crippen LogP) is 8.61. The Balaban J connectivity index is 1.93. The van der Waals surface area contributed by atoms with E-state index >= 15 is 0 Å². The molecule has 42 heavy (non-hydrogen) atoms. The molecule has 0 saturated carbocycles. The zero-order chi connectivity index (χ0) is 31.1. The van der Waals surface area contributed by atoms with Crippen molar-refractivity contribution in [2.24, 2.45) is 0 Å². The Morgan fingerprint density at radius 3 is 1.69 bits per heavy atom. The maximum atomic E-state index is 12.2. The first-order valence-electron chi connectivity index (χ1n) is 14.7. The molecular formula is C36H46CoN2O3+2. The molecule has 3 aromatic rings. The Labute approximate surface area is 258 Å². The van der Waals surface area contributed by atoms with Crippen LogP contribution in [0.15, 0.2) is 48.5 Å². The number of carbonyl (C=O) groups excluding carboxylic acids is 1. The molecule has 1 aliphatic rings. The number of phenolic OH excluding ortho intramolecular Hbond substituents is 1. The molecule has 4 rings (SSSR count). The molecule has 6 heteroatoms. The van der Waals surface area contributed by atoms with Gasteiger partial charge in [-0.2, -0.15) is 0 Å². The summed E-state index contributed by atoms with van der Waals surface area (Å²) < 4.78 is 10.2. The second-order valence-electron chi connectivity index (χ2n) is 13.8. The third-order valence-electron chi connectivity index (χ3n) is 7.49. The van der Waals surface area contributed by atoms with Crippen molar-refractivity contribution in [3.63, 3.8) is 0 Å². The fourth-order valence-corrected chi connectivity index (χ4v) is 6.18. The summed E-state index contributed by atoms with van der Waals surface area (Å²) in [4.78, 5) is 12.2. The molecule has 3 aromatic carbocycles. The monoisotopic (exact) mass is 613 g/mol. The molecule has 5 nitrogen and oxygen atoms in total. The van der Waals surface area contributed by atoms with E-state index in [4.69, 9.17) is 4.74 Å². The van der Waals surface area contributed by atoms with Gasteiger partial charge in [-0.05, 0) is 0 Å². The molecule has 0 spiro atoms. The van der Waals surface area contributed by atoms with Crippen LogP contribution >= 0.6 is 0 Å². The Hall–Kier alpha value is -3.22. The van der Waals surface area contributed by atoms with Crippen LogP contribution in [0.3, 0.4) is 0 Å². The fraction of sp³-hybridized carbons (Fsp3) is 0.417. The molecule has 0 aliphatic carbocycles. The summed E-state index contributed by atoms with van der Waals surface area (Å²) >= 11 is 0.914. The number of benzene rings is 3. The van der Waals surface area contributed by atoms with Gasteiger partial charge in [0.15, 0.2) is 0 Å². The molecule has 0 fully saturated rings. The topological polar surface area (TPSA) is 52.5 Å². The van der Waals surface area contributed by atoms with E-state index in [0.29, 0.717) is 11.5 Å². The minimum absolute atomic E-state index is 0.0562. The number of hydrogen-bond donors (Lipinski definition) is 1. The van der Waals surface area contributed by atoms with Crippen molar-refractivity contribution in [1.82, 2.24) is 0 Å². The van der Waals surface area contributed by atoms with Gasteiger partial charge in [0.25, 0.3) is 0 Å². The van der Waals surface area contributed by atoms with Crippen LogP contribution in [0.5, 0.6) is 11.5 Å². The van der Waals surface area contributed by atoms with Crippen molar-refractivity contribution in [2.75, 3.05) is 0 Å². The summed E-state index contributed by atoms with van der Waals surface area (Å²) in [5, 5.41) is 11.3. The molecule has 0 aromatic heterocycles. The van der Waals surface area contributed by atoms with Gasteiger partial charge in [0.05, 0.1) is 0 Å². The Morgan fingerprint density at radius 2 is 1.24 bits per heavy atom. The first-order chi connectivity index (χ1) is 19.5. The van der Waals surface area contributed by atoms with Crippen LogP contribution in [0.25, 0.3) is 0 Å². The molecule has 0 bridgehead atoms. The minimum atomic E-state index is -0.334. The van der Waals surface area contributed by atoms with Gasteiger partial charge in [0.1, 0.15) is 0 Å². The van der Waals surface area contributed by atoms with E-state index in [1.807, 2.05) is 18.3 Å². The SMILES string of the molecule is CC(=O)Oc1c(C=[N+]2[Co][N+](=Cc3cc(C(C)(C)C)cc(C(C)C)c3O)c3ccccc32)cc(C(C)(C)C)cc1C(C)C. The molecule has 0 radical (unpaired) electrons. The van der Waals surface area contributed by atoms with Gasteiger partial charge >= 0.3 is 259 Å². The van der Waals surface area contributed by atoms with Gasteiger partial charge in [-0.15, -0.1) is 0 Å². The Morgan fingerprint density at radius 1 is 0.786 bits per heavy atom. The fourth-order valence-electron chi connectivity index (χ4n) is 4.91. The van der Waals surface area contributed by atoms with E-state index in [9.17, 15) is 9.90 Å². The average molecular weight is 614 g/mol. The number of carbonyl (C=O) groups is 1. The van der Waals surface area contributed by atoms with Crippen molar-refractivity contribution in [2.45, 2.75) is 98.8 Å². The van der Waals surface area contributed by atoms with E-state index in [-0.39, 0.29) is 28.6 Å². The quantitative estimate of drug-likeness (QED) is 0.232. The number of rotatable bonds is 5. The van der Waals surface area contributed by atoms with Gasteiger partial charge in [-0.1, -0.05) is 0 Å². The van der Waals surface area contributed by atoms with E-state index < -0.39 is 0 Å². The van der Waals surface area contributed by atoms with Crippen LogP contribution in [0.4, 0.5) is 11.4 Å². The molecule has 1 N–H and O–H groups in total.